The Bertz CT molecular complexity index is 848. The summed E-state index contributed by atoms with van der Waals surface area (Å²) >= 11 is 0. The lowest BCUT2D eigenvalue weighted by molar-refractivity contribution is -0.133. The Morgan fingerprint density at radius 2 is 1.67 bits per heavy atom. The first-order chi connectivity index (χ1) is 12.4. The third-order valence-corrected chi connectivity index (χ3v) is 3.80. The predicted octanol–water partition coefficient (Wildman–Crippen LogP) is 2.02. The minimum absolute atomic E-state index is 0. The van der Waals surface area contributed by atoms with Crippen LogP contribution < -0.4 is 10.8 Å². The highest BCUT2D eigenvalue weighted by Gasteiger charge is 2.25. The van der Waals surface area contributed by atoms with Crippen molar-refractivity contribution in [2.75, 3.05) is 0 Å². The monoisotopic (exact) mass is 368 g/mol. The second kappa shape index (κ2) is 10.1. The molecule has 6 nitrogen and oxygen atoms in total. The van der Waals surface area contributed by atoms with E-state index in [0.717, 1.165) is 16.7 Å². The number of aliphatic hydroxyl groups is 1. The summed E-state index contributed by atoms with van der Waals surface area (Å²) in [6.45, 7) is 3.32. The summed E-state index contributed by atoms with van der Waals surface area (Å²) < 4.78 is 0. The molecule has 0 aliphatic carbocycles. The number of hydrogen-bond donors (Lipinski definition) is 4. The van der Waals surface area contributed by atoms with Gasteiger partial charge in [0.25, 0.3) is 11.8 Å². The van der Waals surface area contributed by atoms with Crippen LogP contribution in [0.25, 0.3) is 0 Å². The summed E-state index contributed by atoms with van der Waals surface area (Å²) in [5, 5.41) is 20.6. The average molecular weight is 368 g/mol. The van der Waals surface area contributed by atoms with E-state index in [4.69, 9.17) is 5.21 Å². The van der Waals surface area contributed by atoms with Crippen LogP contribution >= 0.6 is 0 Å². The highest BCUT2D eigenvalue weighted by Crippen LogP contribution is 2.07. The minimum atomic E-state index is -1.26. The van der Waals surface area contributed by atoms with Gasteiger partial charge in [0, 0.05) is 16.7 Å². The van der Waals surface area contributed by atoms with Gasteiger partial charge >= 0.3 is 0 Å². The Labute approximate surface area is 159 Å². The third-order valence-electron chi connectivity index (χ3n) is 3.80. The van der Waals surface area contributed by atoms with Crippen molar-refractivity contribution in [3.63, 3.8) is 0 Å². The fraction of sp³-hybridized carbons (Fsp3) is 0.238. The van der Waals surface area contributed by atoms with Crippen LogP contribution in [-0.2, 0) is 4.79 Å². The predicted molar refractivity (Wildman–Crippen MR) is 103 cm³/mol. The van der Waals surface area contributed by atoms with Gasteiger partial charge in [-0.1, -0.05) is 37.5 Å². The van der Waals surface area contributed by atoms with Gasteiger partial charge in [-0.05, 0) is 49.7 Å². The summed E-state index contributed by atoms with van der Waals surface area (Å²) in [7, 11) is 0. The summed E-state index contributed by atoms with van der Waals surface area (Å²) in [4.78, 5) is 23.7. The molecule has 0 saturated carbocycles. The van der Waals surface area contributed by atoms with E-state index in [1.165, 1.54) is 12.4 Å². The van der Waals surface area contributed by atoms with Crippen molar-refractivity contribution in [3.05, 3.63) is 70.8 Å². The van der Waals surface area contributed by atoms with Crippen molar-refractivity contribution in [1.82, 2.24) is 10.8 Å². The standard InChI is InChI=1S/C20H20N2O4.CH4/c1-13-5-3-4-6-16(13)10-7-15-8-11-17(12-9-15)19(24)21-18(14(2)23)20(25)22-26;/h3-6,8-9,11-12,14,18,23,26H,1-2H3,(H,21,24)(H,22,25);1H4/t14-,18+;/m1./s1. The van der Waals surface area contributed by atoms with Crippen LogP contribution in [0, 0.1) is 18.8 Å². The van der Waals surface area contributed by atoms with Gasteiger partial charge < -0.3 is 10.4 Å². The van der Waals surface area contributed by atoms with Gasteiger partial charge in [0.15, 0.2) is 0 Å². The molecule has 0 aliphatic rings. The van der Waals surface area contributed by atoms with Crippen LogP contribution in [0.2, 0.25) is 0 Å². The lowest BCUT2D eigenvalue weighted by atomic mass is 10.1. The molecule has 0 aromatic heterocycles. The highest BCUT2D eigenvalue weighted by atomic mass is 16.5. The Balaban J connectivity index is 0.00000364. The SMILES string of the molecule is C.Cc1ccccc1C#Cc1ccc(C(=O)N[C@H](C(=O)NO)[C@@H](C)O)cc1. The van der Waals surface area contributed by atoms with Crippen molar-refractivity contribution in [3.8, 4) is 11.8 Å². The van der Waals surface area contributed by atoms with E-state index < -0.39 is 24.0 Å². The number of carbonyl (C=O) groups is 2. The van der Waals surface area contributed by atoms with E-state index in [1.54, 1.807) is 24.3 Å². The molecule has 2 aromatic rings. The second-order valence-electron chi connectivity index (χ2n) is 5.81. The largest absolute Gasteiger partial charge is 0.391 e. The second-order valence-corrected chi connectivity index (χ2v) is 5.81. The van der Waals surface area contributed by atoms with Crippen LogP contribution in [0.15, 0.2) is 48.5 Å². The van der Waals surface area contributed by atoms with Crippen LogP contribution in [0.4, 0.5) is 0 Å². The van der Waals surface area contributed by atoms with Crippen molar-refractivity contribution in [1.29, 1.82) is 0 Å². The molecule has 0 fully saturated rings. The zero-order valence-electron chi connectivity index (χ0n) is 14.5. The summed E-state index contributed by atoms with van der Waals surface area (Å²) in [6.07, 6.45) is -1.16. The Morgan fingerprint density at radius 3 is 2.22 bits per heavy atom. The lowest BCUT2D eigenvalue weighted by Crippen LogP contribution is -2.51. The molecule has 0 unspecified atom stereocenters. The number of nitrogens with one attached hydrogen (secondary N) is 2. The van der Waals surface area contributed by atoms with Gasteiger partial charge in [0.1, 0.15) is 6.04 Å². The van der Waals surface area contributed by atoms with Gasteiger partial charge in [-0.3, -0.25) is 14.8 Å². The fourth-order valence-corrected chi connectivity index (χ4v) is 2.26. The maximum Gasteiger partial charge on any atom is 0.268 e. The first kappa shape index (κ1) is 21.9. The van der Waals surface area contributed by atoms with Crippen molar-refractivity contribution in [2.45, 2.75) is 33.4 Å². The molecule has 2 rings (SSSR count). The normalized spacial score (nSPS) is 11.9. The molecule has 0 bridgehead atoms. The Hall–Kier alpha value is -3.14. The number of aliphatic hydroxyl groups excluding tert-OH is 1. The number of aryl methyl sites for hydroxylation is 1. The summed E-state index contributed by atoms with van der Waals surface area (Å²) in [5.74, 6) is 4.68. The van der Waals surface area contributed by atoms with E-state index in [-0.39, 0.29) is 7.43 Å². The first-order valence-corrected chi connectivity index (χ1v) is 8.03. The van der Waals surface area contributed by atoms with Crippen LogP contribution in [-0.4, -0.2) is 34.3 Å². The number of rotatable bonds is 4. The van der Waals surface area contributed by atoms with Crippen LogP contribution in [0.3, 0.4) is 0 Å². The molecule has 0 aliphatic heterocycles. The summed E-state index contributed by atoms with van der Waals surface area (Å²) in [6, 6.07) is 13.1. The van der Waals surface area contributed by atoms with Crippen molar-refractivity contribution in [2.24, 2.45) is 0 Å². The Morgan fingerprint density at radius 1 is 1.04 bits per heavy atom. The molecule has 2 amide bonds. The maximum absolute atomic E-state index is 12.2. The Kier molecular flexibility index (Phi) is 8.21. The lowest BCUT2D eigenvalue weighted by Gasteiger charge is -2.19. The molecule has 142 valence electrons. The number of carbonyl (C=O) groups excluding carboxylic acids is 2. The topological polar surface area (TPSA) is 98.7 Å². The minimum Gasteiger partial charge on any atom is -0.391 e. The van der Waals surface area contributed by atoms with E-state index in [1.807, 2.05) is 31.2 Å². The van der Waals surface area contributed by atoms with Gasteiger partial charge in [-0.15, -0.1) is 0 Å². The molecule has 2 aromatic carbocycles. The van der Waals surface area contributed by atoms with Gasteiger partial charge in [0.2, 0.25) is 0 Å². The average Bonchev–Trinajstić information content (AvgIpc) is 2.64. The zero-order chi connectivity index (χ0) is 19.1. The fourth-order valence-electron chi connectivity index (χ4n) is 2.26. The third kappa shape index (κ3) is 5.96. The molecule has 2 atom stereocenters. The van der Waals surface area contributed by atoms with Gasteiger partial charge in [0.05, 0.1) is 6.10 Å². The maximum atomic E-state index is 12.2. The van der Waals surface area contributed by atoms with Crippen molar-refractivity contribution >= 4 is 11.8 Å². The van der Waals surface area contributed by atoms with Crippen molar-refractivity contribution < 1.29 is 19.9 Å². The molecule has 6 heteroatoms. The van der Waals surface area contributed by atoms with E-state index >= 15 is 0 Å². The molecule has 27 heavy (non-hydrogen) atoms. The van der Waals surface area contributed by atoms with E-state index in [9.17, 15) is 14.7 Å². The van der Waals surface area contributed by atoms with Gasteiger partial charge in [-0.25, -0.2) is 5.48 Å². The first-order valence-electron chi connectivity index (χ1n) is 8.03. The molecule has 0 spiro atoms. The number of hydrogen-bond acceptors (Lipinski definition) is 4. The molecule has 0 heterocycles. The number of benzene rings is 2. The van der Waals surface area contributed by atoms with Gasteiger partial charge in [-0.2, -0.15) is 0 Å². The zero-order valence-corrected chi connectivity index (χ0v) is 14.5. The molecular weight excluding hydrogens is 344 g/mol. The van der Waals surface area contributed by atoms with E-state index in [0.29, 0.717) is 5.56 Å². The molecule has 0 saturated heterocycles. The number of amides is 2. The number of hydroxylamine groups is 1. The van der Waals surface area contributed by atoms with E-state index in [2.05, 4.69) is 17.2 Å². The van der Waals surface area contributed by atoms with Crippen LogP contribution in [0.1, 0.15) is 41.4 Å². The molecule has 4 N–H and O–H groups in total. The smallest absolute Gasteiger partial charge is 0.268 e. The quantitative estimate of drug-likeness (QED) is 0.377. The highest BCUT2D eigenvalue weighted by molar-refractivity contribution is 5.97. The molecule has 0 radical (unpaired) electrons. The van der Waals surface area contributed by atoms with Crippen LogP contribution in [0.5, 0.6) is 0 Å². The summed E-state index contributed by atoms with van der Waals surface area (Å²) in [5.41, 5.74) is 4.49. The molecular formula is C21H24N2O4.